The van der Waals surface area contributed by atoms with E-state index in [1.165, 1.54) is 0 Å². The summed E-state index contributed by atoms with van der Waals surface area (Å²) >= 11 is 0. The smallest absolute Gasteiger partial charge is 1.00 e. The van der Waals surface area contributed by atoms with Crippen molar-refractivity contribution in [2.24, 2.45) is 0 Å². The van der Waals surface area contributed by atoms with Crippen LogP contribution in [-0.4, -0.2) is 0 Å². The first-order chi connectivity index (χ1) is 6.93. The van der Waals surface area contributed by atoms with Gasteiger partial charge in [0.05, 0.1) is 0 Å². The molecule has 0 aromatic heterocycles. The predicted molar refractivity (Wildman–Crippen MR) is 56.4 cm³/mol. The Labute approximate surface area is 159 Å². The second-order valence-corrected chi connectivity index (χ2v) is 3.34. The van der Waals surface area contributed by atoms with Gasteiger partial charge in [0.25, 0.3) is 0 Å². The molecule has 82 valence electrons. The minimum atomic E-state index is 0. The van der Waals surface area contributed by atoms with Crippen molar-refractivity contribution in [3.05, 3.63) is 69.4 Å². The van der Waals surface area contributed by atoms with Crippen molar-refractivity contribution in [3.63, 3.8) is 0 Å². The van der Waals surface area contributed by atoms with Gasteiger partial charge in [-0.3, -0.25) is 0 Å². The van der Waals surface area contributed by atoms with Gasteiger partial charge in [-0.15, -0.1) is 11.5 Å². The predicted octanol–water partition coefficient (Wildman–Crippen LogP) is -6.49. The SMILES string of the molecule is C1=c2ccccc2=C=c2ccccc2=1.[Cl-].[Cl-].[Hg+].[Hg+]. The molecule has 1 aliphatic carbocycles. The van der Waals surface area contributed by atoms with Gasteiger partial charge in [-0.2, -0.15) is 0 Å². The van der Waals surface area contributed by atoms with Gasteiger partial charge in [0.15, 0.2) is 0 Å². The molecule has 0 aliphatic heterocycles. The van der Waals surface area contributed by atoms with Gasteiger partial charge in [-0.1, -0.05) is 24.3 Å². The number of benzene rings is 2. The summed E-state index contributed by atoms with van der Waals surface area (Å²) in [4.78, 5) is 0. The Morgan fingerprint density at radius 2 is 0.722 bits per heavy atom. The normalized spacial score (nSPS) is 8.44. The van der Waals surface area contributed by atoms with E-state index in [2.05, 4.69) is 35.7 Å². The van der Waals surface area contributed by atoms with E-state index in [-0.39, 0.29) is 80.2 Å². The van der Waals surface area contributed by atoms with Crippen LogP contribution in [0.4, 0.5) is 0 Å². The van der Waals surface area contributed by atoms with Crippen molar-refractivity contribution in [2.75, 3.05) is 0 Å². The third-order valence-electron chi connectivity index (χ3n) is 2.39. The first-order valence-electron chi connectivity index (χ1n) is 4.65. The molecule has 0 unspecified atom stereocenters. The van der Waals surface area contributed by atoms with E-state index in [0.29, 0.717) is 0 Å². The van der Waals surface area contributed by atoms with Gasteiger partial charge < -0.3 is 24.8 Å². The number of hydrogen-bond donors (Lipinski definition) is 0. The van der Waals surface area contributed by atoms with Crippen molar-refractivity contribution in [2.45, 2.75) is 0 Å². The van der Waals surface area contributed by atoms with Crippen molar-refractivity contribution in [1.82, 2.24) is 0 Å². The molecule has 0 amide bonds. The van der Waals surface area contributed by atoms with Crippen molar-refractivity contribution in [3.8, 4) is 0 Å². The summed E-state index contributed by atoms with van der Waals surface area (Å²) < 4.78 is 0. The van der Waals surface area contributed by atoms with Crippen LogP contribution in [0.3, 0.4) is 0 Å². The van der Waals surface area contributed by atoms with E-state index in [0.717, 1.165) is 20.9 Å². The maximum absolute atomic E-state index is 3.38. The third-order valence-corrected chi connectivity index (χ3v) is 2.39. The molecule has 1 aliphatic rings. The van der Waals surface area contributed by atoms with Crippen LogP contribution in [-0.2, 0) is 55.3 Å². The van der Waals surface area contributed by atoms with Gasteiger partial charge in [0.1, 0.15) is 0 Å². The van der Waals surface area contributed by atoms with Crippen LogP contribution in [0.25, 0.3) is 11.5 Å². The third kappa shape index (κ3) is 4.24. The summed E-state index contributed by atoms with van der Waals surface area (Å²) in [7, 11) is 0. The molecule has 0 spiro atoms. The molecule has 0 nitrogen and oxygen atoms in total. The van der Waals surface area contributed by atoms with Gasteiger partial charge in [0, 0.05) is 20.9 Å². The topological polar surface area (TPSA) is 0 Å². The molecule has 3 rings (SSSR count). The standard InChI is InChI=1S/C14H8.2ClH.2Hg/c1-2-6-12-10-14-8-4-3-7-13(14)9-11(12)5-1;;;;/h1-8H;2*1H;;/q;;;2*+1/p-2. The number of hydrogen-bond acceptors (Lipinski definition) is 0. The monoisotopic (exact) mass is 650 g/mol. The van der Waals surface area contributed by atoms with Crippen molar-refractivity contribution in [1.29, 1.82) is 0 Å². The summed E-state index contributed by atoms with van der Waals surface area (Å²) in [5.41, 5.74) is 6.76. The van der Waals surface area contributed by atoms with E-state index in [4.69, 9.17) is 0 Å². The maximum atomic E-state index is 3.38. The first-order valence-corrected chi connectivity index (χ1v) is 4.65. The largest absolute Gasteiger partial charge is 1.00 e. The van der Waals surface area contributed by atoms with Crippen LogP contribution in [0.2, 0.25) is 0 Å². The van der Waals surface area contributed by atoms with Crippen LogP contribution in [0, 0.1) is 0 Å². The van der Waals surface area contributed by atoms with E-state index < -0.39 is 0 Å². The molecule has 18 heavy (non-hydrogen) atoms. The van der Waals surface area contributed by atoms with E-state index in [1.807, 2.05) is 24.3 Å². The number of rotatable bonds is 0. The minimum absolute atomic E-state index is 0. The Morgan fingerprint density at radius 3 is 0.944 bits per heavy atom. The molecule has 0 bridgehead atoms. The van der Waals surface area contributed by atoms with Crippen LogP contribution < -0.4 is 45.7 Å². The Balaban J connectivity index is 0. The first kappa shape index (κ1) is 20.8. The minimum Gasteiger partial charge on any atom is -1.00 e. The molecule has 0 N–H and O–H groups in total. The molecule has 0 heterocycles. The summed E-state index contributed by atoms with van der Waals surface area (Å²) in [6, 6.07) is 16.4. The Morgan fingerprint density at radius 1 is 0.500 bits per heavy atom. The fraction of sp³-hybridized carbons (Fsp3) is 0. The zero-order valence-electron chi connectivity index (χ0n) is 9.79. The summed E-state index contributed by atoms with van der Waals surface area (Å²) in [5.74, 6) is 0. The summed E-state index contributed by atoms with van der Waals surface area (Å²) in [6.45, 7) is 0. The van der Waals surface area contributed by atoms with Crippen molar-refractivity contribution < 1.29 is 80.2 Å². The Kier molecular flexibility index (Phi) is 10.8. The second-order valence-electron chi connectivity index (χ2n) is 3.34. The van der Waals surface area contributed by atoms with Gasteiger partial charge in [-0.25, -0.2) is 0 Å². The Bertz CT molecular complexity index is 633. The second kappa shape index (κ2) is 9.37. The molecule has 2 radical (unpaired) electrons. The summed E-state index contributed by atoms with van der Waals surface area (Å²) in [5, 5.41) is 4.52. The molecule has 0 saturated carbocycles. The average Bonchev–Trinajstić information content (AvgIpc) is 2.26. The van der Waals surface area contributed by atoms with Crippen LogP contribution in [0.5, 0.6) is 0 Å². The molecule has 4 heteroatoms. The molecular weight excluding hydrogens is 640 g/mol. The van der Waals surface area contributed by atoms with Gasteiger partial charge in [-0.05, 0) is 24.3 Å². The molecule has 0 fully saturated rings. The molecule has 0 atom stereocenters. The van der Waals surface area contributed by atoms with Gasteiger partial charge in [0.2, 0.25) is 0 Å². The zero-order valence-corrected chi connectivity index (χ0v) is 22.3. The Hall–Kier alpha value is 0.450. The maximum Gasteiger partial charge on any atom is 1.00 e. The average molecular weight is 648 g/mol. The van der Waals surface area contributed by atoms with Crippen LogP contribution >= 0.6 is 0 Å². The molecule has 2 aromatic carbocycles. The van der Waals surface area contributed by atoms with E-state index in [9.17, 15) is 0 Å². The van der Waals surface area contributed by atoms with Crippen LogP contribution in [0.15, 0.2) is 48.5 Å². The van der Waals surface area contributed by atoms with Crippen LogP contribution in [0.1, 0.15) is 0 Å². The zero-order chi connectivity index (χ0) is 9.38. The van der Waals surface area contributed by atoms with Gasteiger partial charge >= 0.3 is 55.3 Å². The fourth-order valence-corrected chi connectivity index (χ4v) is 1.69. The number of halogens is 2. The fourth-order valence-electron chi connectivity index (χ4n) is 1.69. The molecule has 0 saturated heterocycles. The quantitative estimate of drug-likeness (QED) is 0.213. The van der Waals surface area contributed by atoms with Crippen molar-refractivity contribution >= 4 is 11.5 Å². The van der Waals surface area contributed by atoms with E-state index in [1.54, 1.807) is 0 Å². The number of fused-ring (bicyclic) bond motifs is 2. The summed E-state index contributed by atoms with van der Waals surface area (Å²) in [6.07, 6.45) is 0. The van der Waals surface area contributed by atoms with E-state index >= 15 is 0 Å². The molecular formula is C14H8Cl2Hg2. The molecule has 2 aromatic rings.